The normalized spacial score (nSPS) is 10.8. The Hall–Kier alpha value is -1.51. The number of nitro groups is 1. The molecule has 0 aliphatic heterocycles. The lowest BCUT2D eigenvalue weighted by Gasteiger charge is -2.06. The topological polar surface area (TPSA) is 68.1 Å². The summed E-state index contributed by atoms with van der Waals surface area (Å²) in [5.41, 5.74) is 2.59. The molecule has 1 aromatic carbocycles. The molecule has 0 radical (unpaired) electrons. The Morgan fingerprint density at radius 2 is 2.20 bits per heavy atom. The van der Waals surface area contributed by atoms with Gasteiger partial charge in [0.2, 0.25) is 0 Å². The van der Waals surface area contributed by atoms with Gasteiger partial charge in [-0.25, -0.2) is 4.98 Å². The van der Waals surface area contributed by atoms with Crippen molar-refractivity contribution in [2.24, 2.45) is 0 Å². The number of halogens is 1. The summed E-state index contributed by atoms with van der Waals surface area (Å²) in [4.78, 5) is 16.1. The molecule has 3 aromatic rings. The SMILES string of the molecule is O=[N+]([O-])c1c(NCc2sccc2Br)ccc2scnc12. The molecule has 5 nitrogen and oxygen atoms in total. The van der Waals surface area contributed by atoms with Gasteiger partial charge in [0.05, 0.1) is 21.7 Å². The minimum Gasteiger partial charge on any atom is -0.374 e. The number of aromatic nitrogens is 1. The minimum absolute atomic E-state index is 0.0384. The molecule has 0 aliphatic carbocycles. The van der Waals surface area contributed by atoms with Crippen molar-refractivity contribution in [2.45, 2.75) is 6.54 Å². The van der Waals surface area contributed by atoms with Gasteiger partial charge in [-0.2, -0.15) is 0 Å². The number of fused-ring (bicyclic) bond motifs is 1. The largest absolute Gasteiger partial charge is 0.374 e. The Morgan fingerprint density at radius 3 is 2.90 bits per heavy atom. The Labute approximate surface area is 130 Å². The zero-order valence-corrected chi connectivity index (χ0v) is 13.2. The lowest BCUT2D eigenvalue weighted by Crippen LogP contribution is -2.02. The summed E-state index contributed by atoms with van der Waals surface area (Å²) in [5.74, 6) is 0. The summed E-state index contributed by atoms with van der Waals surface area (Å²) in [6.07, 6.45) is 0. The molecule has 0 saturated heterocycles. The standard InChI is InChI=1S/C12H8BrN3O2S2/c13-7-3-4-19-10(7)5-14-8-1-2-9-11(15-6-20-9)12(8)16(17)18/h1-4,6,14H,5H2. The van der Waals surface area contributed by atoms with Gasteiger partial charge in [-0.3, -0.25) is 10.1 Å². The molecule has 0 aliphatic rings. The van der Waals surface area contributed by atoms with E-state index in [0.717, 1.165) is 14.0 Å². The molecule has 0 bridgehead atoms. The smallest absolute Gasteiger partial charge is 0.319 e. The van der Waals surface area contributed by atoms with Crippen LogP contribution in [0.3, 0.4) is 0 Å². The summed E-state index contributed by atoms with van der Waals surface area (Å²) in [6.45, 7) is 0.536. The number of hydrogen-bond acceptors (Lipinski definition) is 6. The number of nitrogens with zero attached hydrogens (tertiary/aromatic N) is 2. The molecule has 1 N–H and O–H groups in total. The van der Waals surface area contributed by atoms with Crippen molar-refractivity contribution in [2.75, 3.05) is 5.32 Å². The van der Waals surface area contributed by atoms with Gasteiger partial charge in [0.25, 0.3) is 0 Å². The third-order valence-electron chi connectivity index (χ3n) is 2.79. The molecule has 0 atom stereocenters. The fourth-order valence-corrected chi connectivity index (χ4v) is 3.98. The highest BCUT2D eigenvalue weighted by Crippen LogP contribution is 2.35. The van der Waals surface area contributed by atoms with Crippen LogP contribution < -0.4 is 5.32 Å². The third kappa shape index (κ3) is 2.41. The van der Waals surface area contributed by atoms with Gasteiger partial charge in [-0.1, -0.05) is 0 Å². The zero-order chi connectivity index (χ0) is 14.1. The van der Waals surface area contributed by atoms with Gasteiger partial charge in [-0.05, 0) is 39.5 Å². The van der Waals surface area contributed by atoms with E-state index in [1.165, 1.54) is 11.3 Å². The lowest BCUT2D eigenvalue weighted by molar-refractivity contribution is -0.382. The van der Waals surface area contributed by atoms with Crippen molar-refractivity contribution in [3.63, 3.8) is 0 Å². The molecule has 0 amide bonds. The maximum Gasteiger partial charge on any atom is 0.319 e. The van der Waals surface area contributed by atoms with Crippen LogP contribution in [-0.4, -0.2) is 9.91 Å². The van der Waals surface area contributed by atoms with Crippen LogP contribution in [0.15, 0.2) is 33.6 Å². The number of nitro benzene ring substituents is 1. The molecule has 8 heteroatoms. The first kappa shape index (κ1) is 13.5. The van der Waals surface area contributed by atoms with Crippen LogP contribution in [0.25, 0.3) is 10.2 Å². The summed E-state index contributed by atoms with van der Waals surface area (Å²) in [7, 11) is 0. The first-order valence-electron chi connectivity index (χ1n) is 5.63. The third-order valence-corrected chi connectivity index (χ3v) is 5.51. The van der Waals surface area contributed by atoms with Crippen molar-refractivity contribution in [1.82, 2.24) is 4.98 Å². The summed E-state index contributed by atoms with van der Waals surface area (Å²) in [5, 5.41) is 16.4. The Morgan fingerprint density at radius 1 is 1.35 bits per heavy atom. The van der Waals surface area contributed by atoms with Gasteiger partial charge in [-0.15, -0.1) is 22.7 Å². The first-order valence-corrected chi connectivity index (χ1v) is 8.18. The average Bonchev–Trinajstić information content (AvgIpc) is 3.03. The second-order valence-corrected chi connectivity index (χ2v) is 6.70. The van der Waals surface area contributed by atoms with Gasteiger partial charge in [0.1, 0.15) is 5.69 Å². The van der Waals surface area contributed by atoms with E-state index < -0.39 is 0 Å². The van der Waals surface area contributed by atoms with E-state index in [9.17, 15) is 10.1 Å². The van der Waals surface area contributed by atoms with Gasteiger partial charge in [0, 0.05) is 9.35 Å². The summed E-state index contributed by atoms with van der Waals surface area (Å²) in [6, 6.07) is 5.55. The molecule has 3 rings (SSSR count). The fourth-order valence-electron chi connectivity index (χ4n) is 1.87. The number of nitrogens with one attached hydrogen (secondary N) is 1. The van der Waals surface area contributed by atoms with Crippen molar-refractivity contribution in [3.8, 4) is 0 Å². The van der Waals surface area contributed by atoms with Crippen LogP contribution in [0.4, 0.5) is 11.4 Å². The summed E-state index contributed by atoms with van der Waals surface area (Å²) >= 11 is 6.44. The number of rotatable bonds is 4. The Bertz CT molecular complexity index is 784. The highest BCUT2D eigenvalue weighted by Gasteiger charge is 2.20. The predicted octanol–water partition coefficient (Wildman–Crippen LogP) is 4.64. The van der Waals surface area contributed by atoms with Crippen molar-refractivity contribution < 1.29 is 4.92 Å². The molecular formula is C12H8BrN3O2S2. The first-order chi connectivity index (χ1) is 9.66. The van der Waals surface area contributed by atoms with Gasteiger partial charge < -0.3 is 5.32 Å². The van der Waals surface area contributed by atoms with E-state index in [-0.39, 0.29) is 10.6 Å². The number of thiazole rings is 1. The highest BCUT2D eigenvalue weighted by atomic mass is 79.9. The molecule has 0 spiro atoms. The second kappa shape index (κ2) is 5.47. The van der Waals surface area contributed by atoms with Crippen molar-refractivity contribution in [1.29, 1.82) is 0 Å². The van der Waals surface area contributed by atoms with Crippen LogP contribution in [-0.2, 0) is 6.54 Å². The Kier molecular flexibility index (Phi) is 3.68. The predicted molar refractivity (Wildman–Crippen MR) is 85.6 cm³/mol. The van der Waals surface area contributed by atoms with Crippen LogP contribution in [0.1, 0.15) is 4.88 Å². The molecular weight excluding hydrogens is 362 g/mol. The number of anilines is 1. The Balaban J connectivity index is 1.96. The van der Waals surface area contributed by atoms with Crippen LogP contribution in [0.5, 0.6) is 0 Å². The lowest BCUT2D eigenvalue weighted by atomic mass is 10.2. The van der Waals surface area contributed by atoms with E-state index >= 15 is 0 Å². The van der Waals surface area contributed by atoms with Crippen LogP contribution in [0, 0.1) is 10.1 Å². The maximum atomic E-state index is 11.3. The van der Waals surface area contributed by atoms with E-state index in [2.05, 4.69) is 26.2 Å². The molecule has 2 aromatic heterocycles. The number of hydrogen-bond donors (Lipinski definition) is 1. The minimum atomic E-state index is -0.381. The van der Waals surface area contributed by atoms with E-state index in [4.69, 9.17) is 0 Å². The average molecular weight is 370 g/mol. The molecule has 0 fully saturated rings. The number of benzene rings is 1. The molecule has 20 heavy (non-hydrogen) atoms. The number of thiophene rings is 1. The van der Waals surface area contributed by atoms with Crippen LogP contribution >= 0.6 is 38.6 Å². The monoisotopic (exact) mass is 369 g/mol. The highest BCUT2D eigenvalue weighted by molar-refractivity contribution is 9.10. The van der Waals surface area contributed by atoms with Crippen LogP contribution in [0.2, 0.25) is 0 Å². The second-order valence-electron chi connectivity index (χ2n) is 3.96. The zero-order valence-electron chi connectivity index (χ0n) is 10.00. The molecule has 2 heterocycles. The van der Waals surface area contributed by atoms with Gasteiger partial charge in [0.15, 0.2) is 5.52 Å². The molecule has 0 saturated carbocycles. The van der Waals surface area contributed by atoms with E-state index in [1.54, 1.807) is 22.9 Å². The molecule has 102 valence electrons. The summed E-state index contributed by atoms with van der Waals surface area (Å²) < 4.78 is 1.83. The maximum absolute atomic E-state index is 11.3. The van der Waals surface area contributed by atoms with E-state index in [1.807, 2.05) is 17.5 Å². The van der Waals surface area contributed by atoms with Gasteiger partial charge >= 0.3 is 5.69 Å². The fraction of sp³-hybridized carbons (Fsp3) is 0.0833. The van der Waals surface area contributed by atoms with E-state index in [0.29, 0.717) is 17.7 Å². The quantitative estimate of drug-likeness (QED) is 0.537. The van der Waals surface area contributed by atoms with Crippen molar-refractivity contribution in [3.05, 3.63) is 48.6 Å². The van der Waals surface area contributed by atoms with Crippen molar-refractivity contribution >= 4 is 60.2 Å². The molecule has 0 unspecified atom stereocenters.